The van der Waals surface area contributed by atoms with E-state index in [2.05, 4.69) is 15.3 Å². The van der Waals surface area contributed by atoms with Crippen LogP contribution in [0.25, 0.3) is 0 Å². The van der Waals surface area contributed by atoms with Crippen LogP contribution in [0.15, 0.2) is 54.9 Å². The molecule has 0 aliphatic carbocycles. The lowest BCUT2D eigenvalue weighted by Gasteiger charge is -2.36. The maximum atomic E-state index is 14.1. The molecule has 0 amide bonds. The lowest BCUT2D eigenvalue weighted by molar-refractivity contribution is -0.383. The van der Waals surface area contributed by atoms with Crippen molar-refractivity contribution in [2.75, 3.05) is 41.3 Å². The maximum Gasteiger partial charge on any atom is 0.353 e. The molecule has 32 heavy (non-hydrogen) atoms. The highest BCUT2D eigenvalue weighted by Gasteiger charge is 2.30. The minimum atomic E-state index is -0.509. The third-order valence-corrected chi connectivity index (χ3v) is 5.31. The van der Waals surface area contributed by atoms with Gasteiger partial charge in [-0.2, -0.15) is 0 Å². The van der Waals surface area contributed by atoms with Crippen molar-refractivity contribution in [3.05, 3.63) is 76.4 Å². The number of nitrogens with zero attached hydrogens (tertiary/aromatic N) is 5. The Kier molecular flexibility index (Phi) is 5.93. The van der Waals surface area contributed by atoms with Gasteiger partial charge in [0.15, 0.2) is 5.78 Å². The molecule has 0 unspecified atom stereocenters. The zero-order valence-electron chi connectivity index (χ0n) is 17.4. The predicted molar refractivity (Wildman–Crippen MR) is 119 cm³/mol. The highest BCUT2D eigenvalue weighted by atomic mass is 19.1. The number of benzene rings is 2. The molecule has 0 spiro atoms. The molecular weight excluding hydrogens is 415 g/mol. The summed E-state index contributed by atoms with van der Waals surface area (Å²) in [5.74, 6) is -0.0919. The molecule has 1 saturated heterocycles. The molecule has 2 aromatic carbocycles. The summed E-state index contributed by atoms with van der Waals surface area (Å²) in [6, 6.07) is 13.2. The first kappa shape index (κ1) is 21.2. The Morgan fingerprint density at radius 1 is 1.03 bits per heavy atom. The second-order valence-electron chi connectivity index (χ2n) is 7.34. The van der Waals surface area contributed by atoms with Gasteiger partial charge in [-0.3, -0.25) is 14.9 Å². The number of hydrogen-bond acceptors (Lipinski definition) is 8. The smallest absolute Gasteiger partial charge is 0.353 e. The molecule has 1 fully saturated rings. The fourth-order valence-electron chi connectivity index (χ4n) is 3.65. The lowest BCUT2D eigenvalue weighted by Crippen LogP contribution is -2.47. The molecule has 0 radical (unpaired) electrons. The van der Waals surface area contributed by atoms with Crippen LogP contribution in [0.1, 0.15) is 17.3 Å². The molecular formula is C22H21FN6O3. The van der Waals surface area contributed by atoms with Crippen LogP contribution < -0.4 is 15.1 Å². The van der Waals surface area contributed by atoms with E-state index >= 15 is 0 Å². The Hall–Kier alpha value is -4.08. The number of halogens is 1. The third-order valence-electron chi connectivity index (χ3n) is 5.31. The second kappa shape index (κ2) is 8.96. The van der Waals surface area contributed by atoms with Gasteiger partial charge < -0.3 is 15.1 Å². The average Bonchev–Trinajstić information content (AvgIpc) is 2.79. The molecule has 9 nitrogen and oxygen atoms in total. The highest BCUT2D eigenvalue weighted by molar-refractivity contribution is 5.94. The van der Waals surface area contributed by atoms with Gasteiger partial charge in [-0.25, -0.2) is 14.4 Å². The van der Waals surface area contributed by atoms with Gasteiger partial charge in [0.05, 0.1) is 10.6 Å². The van der Waals surface area contributed by atoms with Gasteiger partial charge in [0.1, 0.15) is 12.1 Å². The standard InChI is InChI=1S/C22H21FN6O3/c1-15(30)16-6-8-17(9-7-16)26-21-20(29(31)32)22(25-14-24-21)28-12-10-27(11-13-28)19-5-3-2-4-18(19)23/h2-9,14H,10-13H2,1H3,(H,24,25,26). The number of aromatic nitrogens is 2. The molecule has 0 saturated carbocycles. The summed E-state index contributed by atoms with van der Waals surface area (Å²) in [6.45, 7) is 3.35. The summed E-state index contributed by atoms with van der Waals surface area (Å²) in [5.41, 5.74) is 1.39. The predicted octanol–water partition coefficient (Wildman–Crippen LogP) is 3.80. The van der Waals surface area contributed by atoms with Gasteiger partial charge in [-0.15, -0.1) is 0 Å². The summed E-state index contributed by atoms with van der Waals surface area (Å²) < 4.78 is 14.1. The number of nitro groups is 1. The number of piperazine rings is 1. The van der Waals surface area contributed by atoms with Crippen LogP contribution in [0.2, 0.25) is 0 Å². The number of Topliss-reactive ketones (excluding diaryl/α,β-unsaturated/α-hetero) is 1. The van der Waals surface area contributed by atoms with E-state index in [1.54, 1.807) is 47.4 Å². The maximum absolute atomic E-state index is 14.1. The Bertz CT molecular complexity index is 1150. The molecule has 164 valence electrons. The fourth-order valence-corrected chi connectivity index (χ4v) is 3.65. The minimum absolute atomic E-state index is 0.0621. The monoisotopic (exact) mass is 436 g/mol. The number of hydrogen-bond donors (Lipinski definition) is 1. The van der Waals surface area contributed by atoms with Crippen LogP contribution in [0, 0.1) is 15.9 Å². The highest BCUT2D eigenvalue weighted by Crippen LogP contribution is 2.34. The van der Waals surface area contributed by atoms with E-state index in [9.17, 15) is 19.3 Å². The van der Waals surface area contributed by atoms with Crippen LogP contribution in [0.4, 0.5) is 33.1 Å². The van der Waals surface area contributed by atoms with Crippen LogP contribution in [-0.4, -0.2) is 46.9 Å². The molecule has 10 heteroatoms. The second-order valence-corrected chi connectivity index (χ2v) is 7.34. The number of ketones is 1. The Morgan fingerprint density at radius 2 is 1.69 bits per heavy atom. The van der Waals surface area contributed by atoms with Crippen LogP contribution >= 0.6 is 0 Å². The van der Waals surface area contributed by atoms with E-state index < -0.39 is 4.92 Å². The van der Waals surface area contributed by atoms with Crippen LogP contribution in [0.5, 0.6) is 0 Å². The summed E-state index contributed by atoms with van der Waals surface area (Å²) >= 11 is 0. The summed E-state index contributed by atoms with van der Waals surface area (Å²) in [4.78, 5) is 34.8. The average molecular weight is 436 g/mol. The van der Waals surface area contributed by atoms with Gasteiger partial charge in [0.2, 0.25) is 11.6 Å². The quantitative estimate of drug-likeness (QED) is 0.354. The van der Waals surface area contributed by atoms with E-state index in [1.807, 2.05) is 4.90 Å². The molecule has 2 heterocycles. The topological polar surface area (TPSA) is 104 Å². The van der Waals surface area contributed by atoms with Gasteiger partial charge in [-0.1, -0.05) is 12.1 Å². The van der Waals surface area contributed by atoms with Crippen LogP contribution in [0.3, 0.4) is 0 Å². The summed E-state index contributed by atoms with van der Waals surface area (Å²) in [7, 11) is 0. The molecule has 1 aliphatic rings. The largest absolute Gasteiger partial charge is 0.366 e. The van der Waals surface area contributed by atoms with E-state index in [4.69, 9.17) is 0 Å². The Morgan fingerprint density at radius 3 is 2.31 bits per heavy atom. The number of para-hydroxylation sites is 1. The van der Waals surface area contributed by atoms with Crippen molar-refractivity contribution in [2.45, 2.75) is 6.92 Å². The normalized spacial score (nSPS) is 13.7. The van der Waals surface area contributed by atoms with Gasteiger partial charge in [0.25, 0.3) is 0 Å². The van der Waals surface area contributed by atoms with Crippen molar-refractivity contribution < 1.29 is 14.1 Å². The van der Waals surface area contributed by atoms with E-state index in [0.717, 1.165) is 0 Å². The van der Waals surface area contributed by atoms with Crippen molar-refractivity contribution in [3.63, 3.8) is 0 Å². The van der Waals surface area contributed by atoms with Gasteiger partial charge >= 0.3 is 5.69 Å². The first-order chi connectivity index (χ1) is 15.4. The van der Waals surface area contributed by atoms with Crippen molar-refractivity contribution >= 4 is 34.5 Å². The fraction of sp³-hybridized carbons (Fsp3) is 0.227. The molecule has 1 aliphatic heterocycles. The number of anilines is 4. The molecule has 1 N–H and O–H groups in total. The third kappa shape index (κ3) is 4.34. The van der Waals surface area contributed by atoms with Crippen molar-refractivity contribution in [2.24, 2.45) is 0 Å². The number of carbonyl (C=O) groups excluding carboxylic acids is 1. The molecule has 4 rings (SSSR count). The van der Waals surface area contributed by atoms with Gasteiger partial charge in [-0.05, 0) is 43.3 Å². The van der Waals surface area contributed by atoms with Gasteiger partial charge in [0, 0.05) is 37.4 Å². The first-order valence-corrected chi connectivity index (χ1v) is 10.1. The van der Waals surface area contributed by atoms with Crippen molar-refractivity contribution in [1.29, 1.82) is 0 Å². The minimum Gasteiger partial charge on any atom is -0.366 e. The molecule has 1 aromatic heterocycles. The van der Waals surface area contributed by atoms with E-state index in [1.165, 1.54) is 19.3 Å². The summed E-state index contributed by atoms with van der Waals surface area (Å²) in [5, 5.41) is 14.9. The zero-order valence-corrected chi connectivity index (χ0v) is 17.4. The number of rotatable bonds is 6. The first-order valence-electron chi connectivity index (χ1n) is 10.1. The molecule has 0 atom stereocenters. The zero-order chi connectivity index (χ0) is 22.7. The Balaban J connectivity index is 1.55. The Labute approximate surface area is 183 Å². The SMILES string of the molecule is CC(=O)c1ccc(Nc2ncnc(N3CCN(c4ccccc4F)CC3)c2[N+](=O)[O-])cc1. The summed E-state index contributed by atoms with van der Waals surface area (Å²) in [6.07, 6.45) is 1.28. The van der Waals surface area contributed by atoms with E-state index in [-0.39, 0.29) is 28.9 Å². The van der Waals surface area contributed by atoms with E-state index in [0.29, 0.717) is 43.1 Å². The number of carbonyl (C=O) groups is 1. The van der Waals surface area contributed by atoms with Crippen molar-refractivity contribution in [1.82, 2.24) is 9.97 Å². The van der Waals surface area contributed by atoms with Crippen molar-refractivity contribution in [3.8, 4) is 0 Å². The molecule has 3 aromatic rings. The van der Waals surface area contributed by atoms with Crippen LogP contribution in [-0.2, 0) is 0 Å². The lowest BCUT2D eigenvalue weighted by atomic mass is 10.1. The number of nitrogens with one attached hydrogen (secondary N) is 1. The molecule has 0 bridgehead atoms.